The van der Waals surface area contributed by atoms with Crippen LogP contribution >= 0.6 is 12.6 Å². The Morgan fingerprint density at radius 1 is 1.58 bits per heavy atom. The first-order valence-electron chi connectivity index (χ1n) is 4.43. The van der Waals surface area contributed by atoms with E-state index in [1.165, 1.54) is 11.4 Å². The van der Waals surface area contributed by atoms with Gasteiger partial charge in [-0.3, -0.25) is 9.80 Å². The number of nitrogens with two attached hydrogens (primary N) is 1. The van der Waals surface area contributed by atoms with Crippen LogP contribution in [-0.2, 0) is 4.79 Å². The molecule has 0 aromatic rings. The second-order valence-electron chi connectivity index (χ2n) is 3.82. The van der Waals surface area contributed by atoms with Crippen LogP contribution in [0.15, 0.2) is 0 Å². The van der Waals surface area contributed by atoms with E-state index in [2.05, 4.69) is 12.6 Å². The molecular weight excluding hydrogens is 172 g/mol. The van der Waals surface area contributed by atoms with Gasteiger partial charge in [0.2, 0.25) is 0 Å². The molecule has 3 nitrogen and oxygen atoms in total. The Morgan fingerprint density at radius 2 is 2.33 bits per heavy atom. The summed E-state index contributed by atoms with van der Waals surface area (Å²) in [7, 11) is 0. The molecule has 1 heterocycles. The monoisotopic (exact) mass is 186 g/mol. The van der Waals surface area contributed by atoms with E-state index in [0.717, 1.165) is 19.3 Å². The minimum Gasteiger partial charge on any atom is -0.279 e. The topological polar surface area (TPSA) is 46.3 Å². The van der Waals surface area contributed by atoms with Gasteiger partial charge in [0, 0.05) is 12.5 Å². The van der Waals surface area contributed by atoms with Crippen molar-refractivity contribution < 1.29 is 4.79 Å². The molecule has 1 saturated heterocycles. The largest absolute Gasteiger partial charge is 0.279 e. The lowest BCUT2D eigenvalue weighted by Crippen LogP contribution is -2.42. The summed E-state index contributed by atoms with van der Waals surface area (Å²) in [6, 6.07) is 0. The van der Waals surface area contributed by atoms with E-state index in [9.17, 15) is 4.79 Å². The molecule has 2 atom stereocenters. The van der Waals surface area contributed by atoms with Crippen molar-refractivity contribution in [1.82, 2.24) is 5.01 Å². The van der Waals surface area contributed by atoms with Gasteiger partial charge < -0.3 is 0 Å². The summed E-state index contributed by atoms with van der Waals surface area (Å²) in [5.41, 5.74) is 0. The maximum Gasteiger partial charge on any atom is 0.252 e. The smallest absolute Gasteiger partial charge is 0.252 e. The quantitative estimate of drug-likeness (QED) is 0.330. The van der Waals surface area contributed by atoms with Crippen molar-refractivity contribution in [2.75, 3.05) is 6.54 Å². The van der Waals surface area contributed by atoms with Crippen LogP contribution in [0, 0.1) is 5.92 Å². The maximum absolute atomic E-state index is 11.6. The molecule has 0 spiro atoms. The van der Waals surface area contributed by atoms with Crippen molar-refractivity contribution in [1.29, 1.82) is 0 Å². The van der Waals surface area contributed by atoms with Crippen LogP contribution in [0.3, 0.4) is 0 Å². The zero-order valence-corrected chi connectivity index (χ0v) is 7.89. The zero-order chi connectivity index (χ0) is 8.77. The summed E-state index contributed by atoms with van der Waals surface area (Å²) in [6.07, 6.45) is 4.32. The van der Waals surface area contributed by atoms with Gasteiger partial charge in [0.1, 0.15) is 0 Å². The average Bonchev–Trinajstić information content (AvgIpc) is 2.28. The highest BCUT2D eigenvalue weighted by atomic mass is 32.1. The molecule has 0 bridgehead atoms. The predicted molar refractivity (Wildman–Crippen MR) is 49.6 cm³/mol. The Balaban J connectivity index is 2.25. The van der Waals surface area contributed by atoms with Crippen molar-refractivity contribution in [3.63, 3.8) is 0 Å². The molecule has 1 amide bonds. The Hall–Kier alpha value is -0.220. The standard InChI is InChI=1S/C8H14N2OS/c9-10-5-6-3-1-2-4-8(6,12)7(10)11/h6,12H,1-5,9H2. The number of hydrazine groups is 1. The molecule has 0 radical (unpaired) electrons. The first-order valence-corrected chi connectivity index (χ1v) is 4.88. The average molecular weight is 186 g/mol. The molecule has 0 aromatic heterocycles. The molecule has 0 aromatic carbocycles. The number of nitrogens with zero attached hydrogens (tertiary/aromatic N) is 1. The summed E-state index contributed by atoms with van der Waals surface area (Å²) in [5, 5.41) is 1.34. The fourth-order valence-electron chi connectivity index (χ4n) is 2.32. The molecule has 2 N–H and O–H groups in total. The number of hydrogen-bond acceptors (Lipinski definition) is 3. The van der Waals surface area contributed by atoms with Crippen LogP contribution in [0.4, 0.5) is 0 Å². The van der Waals surface area contributed by atoms with E-state index < -0.39 is 4.75 Å². The van der Waals surface area contributed by atoms with E-state index in [0.29, 0.717) is 12.5 Å². The predicted octanol–water partition coefficient (Wildman–Crippen LogP) is 0.561. The second-order valence-corrected chi connectivity index (χ2v) is 4.62. The first-order chi connectivity index (χ1) is 5.64. The zero-order valence-electron chi connectivity index (χ0n) is 6.99. The number of rotatable bonds is 0. The second kappa shape index (κ2) is 2.64. The van der Waals surface area contributed by atoms with E-state index >= 15 is 0 Å². The molecule has 4 heteroatoms. The highest BCUT2D eigenvalue weighted by Gasteiger charge is 2.51. The van der Waals surface area contributed by atoms with Crippen LogP contribution in [0.1, 0.15) is 25.7 Å². The molecule has 12 heavy (non-hydrogen) atoms. The molecule has 1 saturated carbocycles. The Kier molecular flexibility index (Phi) is 1.84. The van der Waals surface area contributed by atoms with E-state index in [1.807, 2.05) is 0 Å². The van der Waals surface area contributed by atoms with Crippen molar-refractivity contribution in [2.24, 2.45) is 11.8 Å². The van der Waals surface area contributed by atoms with E-state index in [4.69, 9.17) is 5.84 Å². The first kappa shape index (κ1) is 8.38. The van der Waals surface area contributed by atoms with Crippen LogP contribution in [0.5, 0.6) is 0 Å². The minimum absolute atomic E-state index is 0.0236. The number of carbonyl (C=O) groups is 1. The Labute approximate surface area is 77.7 Å². The highest BCUT2D eigenvalue weighted by molar-refractivity contribution is 7.82. The molecule has 2 fully saturated rings. The third-order valence-electron chi connectivity index (χ3n) is 3.08. The van der Waals surface area contributed by atoms with Crippen LogP contribution in [0.2, 0.25) is 0 Å². The Morgan fingerprint density at radius 3 is 3.00 bits per heavy atom. The summed E-state index contributed by atoms with van der Waals surface area (Å²) in [4.78, 5) is 11.6. The van der Waals surface area contributed by atoms with Crippen molar-refractivity contribution >= 4 is 18.5 Å². The number of amides is 1. The summed E-state index contributed by atoms with van der Waals surface area (Å²) in [5.74, 6) is 5.96. The van der Waals surface area contributed by atoms with Gasteiger partial charge in [0.15, 0.2) is 0 Å². The molecule has 2 aliphatic rings. The Bertz CT molecular complexity index is 221. The fourth-order valence-corrected chi connectivity index (χ4v) is 2.82. The van der Waals surface area contributed by atoms with Gasteiger partial charge in [-0.15, -0.1) is 0 Å². The molecule has 2 rings (SSSR count). The van der Waals surface area contributed by atoms with Crippen LogP contribution < -0.4 is 5.84 Å². The molecule has 68 valence electrons. The van der Waals surface area contributed by atoms with Gasteiger partial charge in [-0.2, -0.15) is 12.6 Å². The van der Waals surface area contributed by atoms with Gasteiger partial charge in [-0.25, -0.2) is 5.84 Å². The lowest BCUT2D eigenvalue weighted by molar-refractivity contribution is -0.130. The minimum atomic E-state index is -0.424. The highest BCUT2D eigenvalue weighted by Crippen LogP contribution is 2.43. The SMILES string of the molecule is NN1CC2CCCCC2(S)C1=O. The normalized spacial score (nSPS) is 41.7. The maximum atomic E-state index is 11.6. The van der Waals surface area contributed by atoms with Crippen molar-refractivity contribution in [3.05, 3.63) is 0 Å². The van der Waals surface area contributed by atoms with Gasteiger partial charge in [0.05, 0.1) is 4.75 Å². The van der Waals surface area contributed by atoms with Crippen molar-refractivity contribution in [2.45, 2.75) is 30.4 Å². The number of thiol groups is 1. The third kappa shape index (κ3) is 0.977. The number of hydrogen-bond donors (Lipinski definition) is 2. The van der Waals surface area contributed by atoms with Gasteiger partial charge >= 0.3 is 0 Å². The van der Waals surface area contributed by atoms with Gasteiger partial charge in [-0.05, 0) is 12.8 Å². The van der Waals surface area contributed by atoms with Crippen molar-refractivity contribution in [3.8, 4) is 0 Å². The summed E-state index contributed by atoms with van der Waals surface area (Å²) < 4.78 is -0.424. The summed E-state index contributed by atoms with van der Waals surface area (Å²) >= 11 is 4.49. The van der Waals surface area contributed by atoms with E-state index in [-0.39, 0.29) is 5.91 Å². The molecule has 1 aliphatic heterocycles. The van der Waals surface area contributed by atoms with Gasteiger partial charge in [0.25, 0.3) is 5.91 Å². The van der Waals surface area contributed by atoms with Crippen LogP contribution in [-0.4, -0.2) is 22.2 Å². The van der Waals surface area contributed by atoms with Gasteiger partial charge in [-0.1, -0.05) is 12.8 Å². The molecular formula is C8H14N2OS. The number of fused-ring (bicyclic) bond motifs is 1. The lowest BCUT2D eigenvalue weighted by Gasteiger charge is -2.31. The van der Waals surface area contributed by atoms with E-state index in [1.54, 1.807) is 0 Å². The fraction of sp³-hybridized carbons (Fsp3) is 0.875. The number of carbonyl (C=O) groups excluding carboxylic acids is 1. The molecule has 2 unspecified atom stereocenters. The van der Waals surface area contributed by atoms with Crippen LogP contribution in [0.25, 0.3) is 0 Å². The lowest BCUT2D eigenvalue weighted by atomic mass is 9.80. The third-order valence-corrected chi connectivity index (χ3v) is 3.86. The summed E-state index contributed by atoms with van der Waals surface area (Å²) in [6.45, 7) is 0.697. The molecule has 1 aliphatic carbocycles.